The summed E-state index contributed by atoms with van der Waals surface area (Å²) in [7, 11) is 0. The molecule has 1 aromatic carbocycles. The number of carbonyl (C=O) groups excluding carboxylic acids is 2. The van der Waals surface area contributed by atoms with Crippen molar-refractivity contribution in [2.24, 2.45) is 0 Å². The number of fused-ring (bicyclic) bond motifs is 5. The first-order valence-electron chi connectivity index (χ1n) is 10.1. The van der Waals surface area contributed by atoms with Crippen LogP contribution in [0.25, 0.3) is 0 Å². The van der Waals surface area contributed by atoms with Gasteiger partial charge in [-0.2, -0.15) is 0 Å². The summed E-state index contributed by atoms with van der Waals surface area (Å²) >= 11 is 0. The van der Waals surface area contributed by atoms with Gasteiger partial charge in [-0.3, -0.25) is 14.4 Å². The maximum absolute atomic E-state index is 13.8. The number of halogens is 3. The van der Waals surface area contributed by atoms with Crippen molar-refractivity contribution in [2.45, 2.75) is 50.7 Å². The number of amides is 2. The number of benzene rings is 1. The Balaban J connectivity index is 1.44. The number of nitrogens with one attached hydrogen (secondary N) is 1. The summed E-state index contributed by atoms with van der Waals surface area (Å²) in [6, 6.07) is 0.912. The van der Waals surface area contributed by atoms with Gasteiger partial charge in [0.25, 0.3) is 11.8 Å². The van der Waals surface area contributed by atoms with Crippen molar-refractivity contribution < 1.29 is 32.6 Å². The van der Waals surface area contributed by atoms with E-state index in [1.54, 1.807) is 0 Å². The summed E-state index contributed by atoms with van der Waals surface area (Å²) < 4.78 is 47.9. The monoisotopic (exact) mass is 449 g/mol. The highest BCUT2D eigenvalue weighted by Gasteiger charge is 2.47. The molecule has 2 bridgehead atoms. The second-order valence-corrected chi connectivity index (χ2v) is 8.14. The molecule has 2 unspecified atom stereocenters. The van der Waals surface area contributed by atoms with Crippen LogP contribution in [0, 0.1) is 17.5 Å². The number of carbonyl (C=O) groups is 2. The average Bonchev–Trinajstić information content (AvgIpc) is 3.10. The van der Waals surface area contributed by atoms with Gasteiger partial charge in [-0.25, -0.2) is 13.2 Å². The maximum atomic E-state index is 13.8. The van der Waals surface area contributed by atoms with Crippen LogP contribution in [0.2, 0.25) is 0 Å². The molecule has 2 amide bonds. The summed E-state index contributed by atoms with van der Waals surface area (Å²) in [5, 5.41) is 12.6. The number of rotatable bonds is 3. The fourth-order valence-corrected chi connectivity index (χ4v) is 4.72. The Morgan fingerprint density at radius 3 is 2.62 bits per heavy atom. The molecule has 1 saturated carbocycles. The van der Waals surface area contributed by atoms with E-state index in [1.807, 2.05) is 0 Å². The number of aromatic nitrogens is 1. The number of nitrogens with zero attached hydrogens (tertiary/aromatic N) is 2. The summed E-state index contributed by atoms with van der Waals surface area (Å²) in [6.07, 6.45) is 2.86. The number of aromatic hydroxyl groups is 1. The molecule has 11 heteroatoms. The van der Waals surface area contributed by atoms with Crippen LogP contribution in [-0.2, 0) is 17.8 Å². The van der Waals surface area contributed by atoms with Gasteiger partial charge in [0.15, 0.2) is 17.7 Å². The third kappa shape index (κ3) is 3.15. The van der Waals surface area contributed by atoms with Crippen LogP contribution in [0.1, 0.15) is 45.7 Å². The molecule has 2 fully saturated rings. The molecule has 3 aliphatic rings. The molecule has 3 heterocycles. The molecule has 3 atom stereocenters. The van der Waals surface area contributed by atoms with E-state index in [0.717, 1.165) is 19.0 Å². The van der Waals surface area contributed by atoms with Gasteiger partial charge in [0.1, 0.15) is 23.0 Å². The van der Waals surface area contributed by atoms with Crippen LogP contribution in [-0.4, -0.2) is 44.8 Å². The van der Waals surface area contributed by atoms with Crippen LogP contribution < -0.4 is 10.7 Å². The third-order valence-electron chi connectivity index (χ3n) is 6.23. The van der Waals surface area contributed by atoms with Gasteiger partial charge in [-0.05, 0) is 19.3 Å². The van der Waals surface area contributed by atoms with Gasteiger partial charge in [0.05, 0.1) is 12.6 Å². The number of hydrogen-bond acceptors (Lipinski definition) is 5. The van der Waals surface area contributed by atoms with E-state index in [9.17, 15) is 32.7 Å². The van der Waals surface area contributed by atoms with Crippen molar-refractivity contribution in [2.75, 3.05) is 0 Å². The molecule has 5 rings (SSSR count). The highest BCUT2D eigenvalue weighted by Crippen LogP contribution is 2.38. The first-order valence-corrected chi connectivity index (χ1v) is 10.1. The topological polar surface area (TPSA) is 101 Å². The van der Waals surface area contributed by atoms with Crippen molar-refractivity contribution in [1.82, 2.24) is 14.8 Å². The van der Waals surface area contributed by atoms with E-state index in [4.69, 9.17) is 4.74 Å². The summed E-state index contributed by atoms with van der Waals surface area (Å²) in [5.41, 5.74) is -2.40. The van der Waals surface area contributed by atoms with Crippen molar-refractivity contribution in [3.8, 4) is 5.75 Å². The predicted molar refractivity (Wildman–Crippen MR) is 102 cm³/mol. The Labute approximate surface area is 179 Å². The lowest BCUT2D eigenvalue weighted by Gasteiger charge is -2.44. The molecule has 168 valence electrons. The quantitative estimate of drug-likeness (QED) is 0.742. The van der Waals surface area contributed by atoms with Crippen molar-refractivity contribution >= 4 is 11.8 Å². The Kier molecular flexibility index (Phi) is 4.73. The highest BCUT2D eigenvalue weighted by atomic mass is 19.1. The number of ether oxygens (including phenoxy) is 1. The second-order valence-electron chi connectivity index (χ2n) is 8.14. The molecular weight excluding hydrogens is 431 g/mol. The van der Waals surface area contributed by atoms with E-state index in [2.05, 4.69) is 5.32 Å². The molecular formula is C21H18F3N3O5. The first-order chi connectivity index (χ1) is 15.2. The smallest absolute Gasteiger partial charge is 0.276 e. The van der Waals surface area contributed by atoms with Crippen LogP contribution >= 0.6 is 0 Å². The number of pyridine rings is 1. The summed E-state index contributed by atoms with van der Waals surface area (Å²) in [5.74, 6) is -5.93. The minimum absolute atomic E-state index is 0.0296. The Morgan fingerprint density at radius 2 is 1.91 bits per heavy atom. The standard InChI is InChI=1S/C21H18F3N3O5/c22-9-3-14(23)12(15(24)4-9)6-25-20(30)13-7-26-8-16-27(10-1-2-11(5-10)32-16)21(31)17(26)19(29)18(13)28/h3-4,7,10-11,16,29H,1-2,5-6,8H2,(H,25,30)/t10?,11-,16?/m1/s1. The SMILES string of the molecule is O=C(NCc1c(F)cc(F)cc1F)c1cn2c(c(O)c1=O)C(=O)N1C3CC[C@H](C3)OC1C2. The zero-order valence-corrected chi connectivity index (χ0v) is 16.6. The first kappa shape index (κ1) is 20.6. The minimum atomic E-state index is -1.19. The van der Waals surface area contributed by atoms with Crippen LogP contribution in [0.3, 0.4) is 0 Å². The molecule has 1 aliphatic carbocycles. The fraction of sp³-hybridized carbons (Fsp3) is 0.381. The summed E-state index contributed by atoms with van der Waals surface area (Å²) in [4.78, 5) is 39.7. The highest BCUT2D eigenvalue weighted by molar-refractivity contribution is 5.99. The largest absolute Gasteiger partial charge is 0.503 e. The molecule has 8 nitrogen and oxygen atoms in total. The van der Waals surface area contributed by atoms with Crippen LogP contribution in [0.5, 0.6) is 5.75 Å². The van der Waals surface area contributed by atoms with Crippen molar-refractivity contribution in [3.05, 3.63) is 62.8 Å². The summed E-state index contributed by atoms with van der Waals surface area (Å²) in [6.45, 7) is -0.538. The van der Waals surface area contributed by atoms with Crippen molar-refractivity contribution in [3.63, 3.8) is 0 Å². The normalized spacial score (nSPS) is 23.7. The van der Waals surface area contributed by atoms with Crippen LogP contribution in [0.4, 0.5) is 13.2 Å². The lowest BCUT2D eigenvalue weighted by Crippen LogP contribution is -2.57. The Bertz CT molecular complexity index is 1190. The van der Waals surface area contributed by atoms with E-state index in [1.165, 1.54) is 9.47 Å². The molecule has 1 aromatic heterocycles. The van der Waals surface area contributed by atoms with Gasteiger partial charge in [-0.1, -0.05) is 0 Å². The molecule has 2 N–H and O–H groups in total. The van der Waals surface area contributed by atoms with Gasteiger partial charge in [-0.15, -0.1) is 0 Å². The van der Waals surface area contributed by atoms with E-state index in [0.29, 0.717) is 18.6 Å². The van der Waals surface area contributed by atoms with Gasteiger partial charge < -0.3 is 24.6 Å². The molecule has 0 radical (unpaired) electrons. The Hall–Kier alpha value is -3.34. The van der Waals surface area contributed by atoms with Gasteiger partial charge >= 0.3 is 0 Å². The van der Waals surface area contributed by atoms with E-state index < -0.39 is 64.3 Å². The van der Waals surface area contributed by atoms with Gasteiger partial charge in [0.2, 0.25) is 5.43 Å². The molecule has 32 heavy (non-hydrogen) atoms. The van der Waals surface area contributed by atoms with Crippen molar-refractivity contribution in [1.29, 1.82) is 0 Å². The Morgan fingerprint density at radius 1 is 1.19 bits per heavy atom. The van der Waals surface area contributed by atoms with Gasteiger partial charge in [0, 0.05) is 36.5 Å². The fourth-order valence-electron chi connectivity index (χ4n) is 4.72. The molecule has 0 spiro atoms. The third-order valence-corrected chi connectivity index (χ3v) is 6.23. The minimum Gasteiger partial charge on any atom is -0.503 e. The zero-order valence-electron chi connectivity index (χ0n) is 16.6. The zero-order chi connectivity index (χ0) is 22.7. The molecule has 1 saturated heterocycles. The molecule has 2 aromatic rings. The van der Waals surface area contributed by atoms with E-state index in [-0.39, 0.29) is 24.4 Å². The molecule has 2 aliphatic heterocycles. The maximum Gasteiger partial charge on any atom is 0.276 e. The lowest BCUT2D eigenvalue weighted by molar-refractivity contribution is -0.132. The lowest BCUT2D eigenvalue weighted by atomic mass is 10.1. The average molecular weight is 449 g/mol. The number of hydrogen-bond donors (Lipinski definition) is 2. The predicted octanol–water partition coefficient (Wildman–Crippen LogP) is 1.63. The van der Waals surface area contributed by atoms with Crippen LogP contribution in [0.15, 0.2) is 23.1 Å². The second kappa shape index (κ2) is 7.37. The van der Waals surface area contributed by atoms with E-state index >= 15 is 0 Å².